The second kappa shape index (κ2) is 10.9. The van der Waals surface area contributed by atoms with Crippen LogP contribution in [0.4, 0.5) is 4.39 Å². The van der Waals surface area contributed by atoms with E-state index in [1.165, 1.54) is 24.3 Å². The third kappa shape index (κ3) is 6.27. The molecule has 2 amide bonds. The maximum atomic E-state index is 13.2. The smallest absolute Gasteiger partial charge is 0.309 e. The predicted octanol–water partition coefficient (Wildman–Crippen LogP) is 3.26. The molecule has 0 spiro atoms. The zero-order valence-electron chi connectivity index (χ0n) is 17.5. The van der Waals surface area contributed by atoms with Gasteiger partial charge in [0, 0.05) is 37.7 Å². The van der Waals surface area contributed by atoms with Gasteiger partial charge in [-0.1, -0.05) is 6.92 Å². The summed E-state index contributed by atoms with van der Waals surface area (Å²) in [4.78, 5) is 40.8. The SMILES string of the molecule is CCOC(=O)C1CCN(C(=O)CCN(C(=O)c2ccc(F)cc2)C(C)CC)CC1. The van der Waals surface area contributed by atoms with E-state index in [2.05, 4.69) is 0 Å². The fourth-order valence-electron chi connectivity index (χ4n) is 3.50. The summed E-state index contributed by atoms with van der Waals surface area (Å²) in [5.41, 5.74) is 0.411. The van der Waals surface area contributed by atoms with Gasteiger partial charge in [-0.3, -0.25) is 14.4 Å². The summed E-state index contributed by atoms with van der Waals surface area (Å²) in [5.74, 6) is -0.943. The first-order valence-corrected chi connectivity index (χ1v) is 10.4. The molecule has 0 aliphatic carbocycles. The van der Waals surface area contributed by atoms with E-state index in [4.69, 9.17) is 4.74 Å². The Kier molecular flexibility index (Phi) is 8.61. The minimum absolute atomic E-state index is 0.0208. The van der Waals surface area contributed by atoms with Crippen LogP contribution in [0.25, 0.3) is 0 Å². The lowest BCUT2D eigenvalue weighted by Crippen LogP contribution is -2.44. The van der Waals surface area contributed by atoms with Crippen molar-refractivity contribution in [3.63, 3.8) is 0 Å². The van der Waals surface area contributed by atoms with Crippen molar-refractivity contribution in [1.29, 1.82) is 0 Å². The molecule has 2 rings (SSSR count). The van der Waals surface area contributed by atoms with Gasteiger partial charge < -0.3 is 14.5 Å². The number of benzene rings is 1. The molecule has 1 heterocycles. The van der Waals surface area contributed by atoms with Crippen molar-refractivity contribution < 1.29 is 23.5 Å². The maximum Gasteiger partial charge on any atom is 0.309 e. The molecular weight excluding hydrogens is 375 g/mol. The molecule has 160 valence electrons. The summed E-state index contributed by atoms with van der Waals surface area (Å²) in [6.07, 6.45) is 2.19. The number of amides is 2. The second-order valence-electron chi connectivity index (χ2n) is 7.42. The molecular formula is C22H31FN2O4. The molecule has 0 aromatic heterocycles. The van der Waals surface area contributed by atoms with Gasteiger partial charge in [-0.15, -0.1) is 0 Å². The van der Waals surface area contributed by atoms with Crippen LogP contribution in [0, 0.1) is 11.7 Å². The Balaban J connectivity index is 1.92. The van der Waals surface area contributed by atoms with Gasteiger partial charge in [-0.05, 0) is 57.4 Å². The molecule has 0 bridgehead atoms. The number of hydrogen-bond donors (Lipinski definition) is 0. The second-order valence-corrected chi connectivity index (χ2v) is 7.42. The summed E-state index contributed by atoms with van der Waals surface area (Å²) in [7, 11) is 0. The average molecular weight is 406 g/mol. The van der Waals surface area contributed by atoms with Crippen molar-refractivity contribution in [2.24, 2.45) is 5.92 Å². The number of likely N-dealkylation sites (tertiary alicyclic amines) is 1. The van der Waals surface area contributed by atoms with Gasteiger partial charge in [0.15, 0.2) is 0 Å². The molecule has 1 atom stereocenters. The fraction of sp³-hybridized carbons (Fsp3) is 0.591. The molecule has 1 aliphatic rings. The molecule has 1 fully saturated rings. The third-order valence-corrected chi connectivity index (χ3v) is 5.51. The first kappa shape index (κ1) is 22.8. The van der Waals surface area contributed by atoms with Crippen LogP contribution in [-0.4, -0.2) is 59.9 Å². The molecule has 1 unspecified atom stereocenters. The molecule has 29 heavy (non-hydrogen) atoms. The minimum atomic E-state index is -0.391. The van der Waals surface area contributed by atoms with Crippen LogP contribution in [0.15, 0.2) is 24.3 Å². The van der Waals surface area contributed by atoms with Gasteiger partial charge in [0.05, 0.1) is 12.5 Å². The van der Waals surface area contributed by atoms with Gasteiger partial charge in [-0.25, -0.2) is 4.39 Å². The Morgan fingerprint density at radius 3 is 2.34 bits per heavy atom. The van der Waals surface area contributed by atoms with Crippen LogP contribution < -0.4 is 0 Å². The van der Waals surface area contributed by atoms with E-state index in [1.807, 2.05) is 13.8 Å². The number of carbonyl (C=O) groups excluding carboxylic acids is 3. The number of rotatable bonds is 8. The zero-order chi connectivity index (χ0) is 21.4. The van der Waals surface area contributed by atoms with Gasteiger partial charge in [-0.2, -0.15) is 0 Å². The van der Waals surface area contributed by atoms with E-state index in [9.17, 15) is 18.8 Å². The van der Waals surface area contributed by atoms with Crippen LogP contribution in [0.5, 0.6) is 0 Å². The summed E-state index contributed by atoms with van der Waals surface area (Å²) in [6.45, 7) is 7.43. The number of halogens is 1. The standard InChI is InChI=1S/C22H31FN2O4/c1-4-16(3)25(21(27)17-6-8-19(23)9-7-17)15-12-20(26)24-13-10-18(11-14-24)22(28)29-5-2/h6-9,16,18H,4-5,10-15H2,1-3H3. The van der Waals surface area contributed by atoms with Crippen LogP contribution in [-0.2, 0) is 14.3 Å². The van der Waals surface area contributed by atoms with E-state index in [1.54, 1.807) is 16.7 Å². The van der Waals surface area contributed by atoms with Crippen molar-refractivity contribution in [3.05, 3.63) is 35.6 Å². The topological polar surface area (TPSA) is 66.9 Å². The lowest BCUT2D eigenvalue weighted by molar-refractivity contribution is -0.151. The van der Waals surface area contributed by atoms with Gasteiger partial charge >= 0.3 is 5.97 Å². The highest BCUT2D eigenvalue weighted by Crippen LogP contribution is 2.20. The third-order valence-electron chi connectivity index (χ3n) is 5.51. The van der Waals surface area contributed by atoms with Gasteiger partial charge in [0.2, 0.25) is 5.91 Å². The Labute approximate surface area is 172 Å². The minimum Gasteiger partial charge on any atom is -0.466 e. The largest absolute Gasteiger partial charge is 0.466 e. The van der Waals surface area contributed by atoms with E-state index in [-0.39, 0.29) is 36.2 Å². The lowest BCUT2D eigenvalue weighted by Gasteiger charge is -2.33. The zero-order valence-corrected chi connectivity index (χ0v) is 17.5. The number of ether oxygens (including phenoxy) is 1. The van der Waals surface area contributed by atoms with Crippen LogP contribution in [0.1, 0.15) is 56.8 Å². The normalized spacial score (nSPS) is 15.7. The number of carbonyl (C=O) groups is 3. The summed E-state index contributed by atoms with van der Waals surface area (Å²) < 4.78 is 18.2. The lowest BCUT2D eigenvalue weighted by atomic mass is 9.97. The van der Waals surface area contributed by atoms with Crippen molar-refractivity contribution in [2.45, 2.75) is 52.5 Å². The fourth-order valence-corrected chi connectivity index (χ4v) is 3.50. The van der Waals surface area contributed by atoms with E-state index >= 15 is 0 Å². The molecule has 1 aromatic rings. The first-order chi connectivity index (χ1) is 13.9. The van der Waals surface area contributed by atoms with Crippen LogP contribution in [0.2, 0.25) is 0 Å². The molecule has 0 saturated carbocycles. The van der Waals surface area contributed by atoms with Crippen molar-refractivity contribution in [3.8, 4) is 0 Å². The highest BCUT2D eigenvalue weighted by Gasteiger charge is 2.29. The van der Waals surface area contributed by atoms with Gasteiger partial charge in [0.1, 0.15) is 5.82 Å². The molecule has 6 nitrogen and oxygen atoms in total. The molecule has 1 aromatic carbocycles. The van der Waals surface area contributed by atoms with Crippen molar-refractivity contribution in [2.75, 3.05) is 26.2 Å². The molecule has 1 aliphatic heterocycles. The summed E-state index contributed by atoms with van der Waals surface area (Å²) >= 11 is 0. The predicted molar refractivity (Wildman–Crippen MR) is 108 cm³/mol. The molecule has 7 heteroatoms. The molecule has 0 radical (unpaired) electrons. The Morgan fingerprint density at radius 1 is 1.17 bits per heavy atom. The molecule has 1 saturated heterocycles. The van der Waals surface area contributed by atoms with Crippen LogP contribution in [0.3, 0.4) is 0 Å². The first-order valence-electron chi connectivity index (χ1n) is 10.4. The van der Waals surface area contributed by atoms with Crippen molar-refractivity contribution >= 4 is 17.8 Å². The van der Waals surface area contributed by atoms with Crippen molar-refractivity contribution in [1.82, 2.24) is 9.80 Å². The monoisotopic (exact) mass is 406 g/mol. The maximum absolute atomic E-state index is 13.2. The number of nitrogens with zero attached hydrogens (tertiary/aromatic N) is 2. The van der Waals surface area contributed by atoms with E-state index in [0.29, 0.717) is 44.6 Å². The number of piperidine rings is 1. The Bertz CT molecular complexity index is 699. The van der Waals surface area contributed by atoms with E-state index in [0.717, 1.165) is 6.42 Å². The molecule has 0 N–H and O–H groups in total. The summed E-state index contributed by atoms with van der Waals surface area (Å²) in [5, 5.41) is 0. The van der Waals surface area contributed by atoms with Gasteiger partial charge in [0.25, 0.3) is 5.91 Å². The summed E-state index contributed by atoms with van der Waals surface area (Å²) in [6, 6.07) is 5.43. The average Bonchev–Trinajstić information content (AvgIpc) is 2.74. The van der Waals surface area contributed by atoms with Crippen LogP contribution >= 0.6 is 0 Å². The quantitative estimate of drug-likeness (QED) is 0.622. The number of hydrogen-bond acceptors (Lipinski definition) is 4. The highest BCUT2D eigenvalue weighted by molar-refractivity contribution is 5.94. The Hall–Kier alpha value is -2.44. The number of esters is 1. The highest BCUT2D eigenvalue weighted by atomic mass is 19.1. The Morgan fingerprint density at radius 2 is 1.79 bits per heavy atom. The van der Waals surface area contributed by atoms with E-state index < -0.39 is 5.82 Å².